The summed E-state index contributed by atoms with van der Waals surface area (Å²) in [6.45, 7) is 10.3. The Bertz CT molecular complexity index is 178. The van der Waals surface area contributed by atoms with Crippen molar-refractivity contribution in [2.45, 2.75) is 45.8 Å². The number of carboxylic acid groups (broad SMARTS) is 1. The first-order chi connectivity index (χ1) is 5.75. The van der Waals surface area contributed by atoms with Crippen LogP contribution in [0, 0.1) is 5.92 Å². The van der Waals surface area contributed by atoms with Gasteiger partial charge in [0.2, 0.25) is 0 Å². The summed E-state index contributed by atoms with van der Waals surface area (Å²) in [5.74, 6) is 0.596. The summed E-state index contributed by atoms with van der Waals surface area (Å²) in [6.07, 6.45) is -0.0979. The highest BCUT2D eigenvalue weighted by Crippen LogP contribution is 2.29. The van der Waals surface area contributed by atoms with Gasteiger partial charge in [-0.1, -0.05) is 20.8 Å². The topological polar surface area (TPSA) is 46.5 Å². The highest BCUT2D eigenvalue weighted by atomic mass is 28.4. The fourth-order valence-electron chi connectivity index (χ4n) is 1.32. The average Bonchev–Trinajstić information content (AvgIpc) is 1.81. The Labute approximate surface area is 81.2 Å². The number of rotatable bonds is 4. The Morgan fingerprint density at radius 1 is 1.38 bits per heavy atom. The largest absolute Gasteiger partial charge is 0.491 e. The molecule has 0 bridgehead atoms. The van der Waals surface area contributed by atoms with Gasteiger partial charge in [-0.15, -0.1) is 0 Å². The highest BCUT2D eigenvalue weighted by molar-refractivity contribution is 6.73. The minimum Gasteiger partial charge on any atom is -0.489 e. The minimum atomic E-state index is -2.03. The second-order valence-corrected chi connectivity index (χ2v) is 8.90. The van der Waals surface area contributed by atoms with Gasteiger partial charge in [0.1, 0.15) is 0 Å². The molecule has 0 rings (SSSR count). The van der Waals surface area contributed by atoms with Crippen LogP contribution in [-0.2, 0) is 4.43 Å². The minimum absolute atomic E-state index is 0.378. The molecule has 1 N–H and O–H groups in total. The van der Waals surface area contributed by atoms with Gasteiger partial charge in [-0.05, 0) is 31.0 Å². The van der Waals surface area contributed by atoms with E-state index in [-0.39, 0.29) is 0 Å². The Kier molecular flexibility index (Phi) is 4.46. The van der Waals surface area contributed by atoms with Gasteiger partial charge in [-0.2, -0.15) is 0 Å². The molecule has 0 aromatic rings. The lowest BCUT2D eigenvalue weighted by atomic mass is 10.1. The second-order valence-electron chi connectivity index (χ2n) is 4.50. The number of hydrogen-bond acceptors (Lipinski definition) is 2. The molecule has 0 aromatic carbocycles. The average molecular weight is 204 g/mol. The van der Waals surface area contributed by atoms with Crippen molar-refractivity contribution in [2.75, 3.05) is 0 Å². The molecule has 1 atom stereocenters. The van der Waals surface area contributed by atoms with Gasteiger partial charge < -0.3 is 9.53 Å². The van der Waals surface area contributed by atoms with Gasteiger partial charge in [0.05, 0.1) is 0 Å². The third-order valence-electron chi connectivity index (χ3n) is 2.36. The molecule has 0 fully saturated rings. The molecule has 0 spiro atoms. The number of hydrogen-bond donors (Lipinski definition) is 1. The zero-order valence-electron chi connectivity index (χ0n) is 9.13. The number of carbonyl (C=O) groups is 1. The van der Waals surface area contributed by atoms with Crippen LogP contribution in [-0.4, -0.2) is 19.6 Å². The predicted molar refractivity (Wildman–Crippen MR) is 55.5 cm³/mol. The lowest BCUT2D eigenvalue weighted by Crippen LogP contribution is -2.37. The molecule has 0 aliphatic carbocycles. The summed E-state index contributed by atoms with van der Waals surface area (Å²) in [5, 5.41) is 8.54. The lowest BCUT2D eigenvalue weighted by Gasteiger charge is -2.28. The Hall–Kier alpha value is -0.513. The van der Waals surface area contributed by atoms with E-state index >= 15 is 0 Å². The zero-order valence-corrected chi connectivity index (χ0v) is 10.1. The summed E-state index contributed by atoms with van der Waals surface area (Å²) in [7, 11) is -2.03. The Morgan fingerprint density at radius 2 is 1.85 bits per heavy atom. The third-order valence-corrected chi connectivity index (χ3v) is 5.67. The Morgan fingerprint density at radius 3 is 2.15 bits per heavy atom. The zero-order chi connectivity index (χ0) is 10.6. The lowest BCUT2D eigenvalue weighted by molar-refractivity contribution is 0.140. The normalized spacial score (nSPS) is 14.3. The van der Waals surface area contributed by atoms with Crippen LogP contribution in [0.1, 0.15) is 27.2 Å². The van der Waals surface area contributed by atoms with Gasteiger partial charge in [0.25, 0.3) is 8.32 Å². The van der Waals surface area contributed by atoms with Gasteiger partial charge in [-0.25, -0.2) is 4.79 Å². The van der Waals surface area contributed by atoms with Crippen LogP contribution in [0.15, 0.2) is 0 Å². The van der Waals surface area contributed by atoms with E-state index in [1.807, 2.05) is 13.1 Å². The first-order valence-electron chi connectivity index (χ1n) is 4.67. The summed E-state index contributed by atoms with van der Waals surface area (Å²) in [6, 6.07) is 0. The van der Waals surface area contributed by atoms with Crippen molar-refractivity contribution in [3.05, 3.63) is 0 Å². The quantitative estimate of drug-likeness (QED) is 0.714. The van der Waals surface area contributed by atoms with E-state index in [9.17, 15) is 4.79 Å². The molecule has 13 heavy (non-hydrogen) atoms. The van der Waals surface area contributed by atoms with E-state index in [4.69, 9.17) is 9.53 Å². The van der Waals surface area contributed by atoms with E-state index in [0.717, 1.165) is 6.42 Å². The van der Waals surface area contributed by atoms with Gasteiger partial charge in [-0.3, -0.25) is 0 Å². The molecular weight excluding hydrogens is 184 g/mol. The van der Waals surface area contributed by atoms with Crippen molar-refractivity contribution in [3.8, 4) is 0 Å². The standard InChI is InChI=1S/C9H20O3Si/c1-7(2)6-8(3)13(4,5)12-9(10)11/h7-8H,6H2,1-5H3,(H,10,11). The molecule has 0 radical (unpaired) electrons. The van der Waals surface area contributed by atoms with Crippen molar-refractivity contribution in [1.82, 2.24) is 0 Å². The van der Waals surface area contributed by atoms with Crippen molar-refractivity contribution >= 4 is 14.5 Å². The fourth-order valence-corrected chi connectivity index (χ4v) is 3.01. The van der Waals surface area contributed by atoms with Gasteiger partial charge >= 0.3 is 6.16 Å². The van der Waals surface area contributed by atoms with Crippen LogP contribution in [0.2, 0.25) is 18.6 Å². The molecule has 4 heteroatoms. The third kappa shape index (κ3) is 4.93. The molecule has 0 saturated carbocycles. The first kappa shape index (κ1) is 12.5. The van der Waals surface area contributed by atoms with Gasteiger partial charge in [0, 0.05) is 0 Å². The summed E-state index contributed by atoms with van der Waals surface area (Å²) < 4.78 is 4.96. The maximum Gasteiger partial charge on any atom is 0.491 e. The van der Waals surface area contributed by atoms with Crippen LogP contribution < -0.4 is 0 Å². The van der Waals surface area contributed by atoms with Crippen molar-refractivity contribution in [2.24, 2.45) is 5.92 Å². The van der Waals surface area contributed by atoms with Crippen LogP contribution in [0.5, 0.6) is 0 Å². The first-order valence-corrected chi connectivity index (χ1v) is 7.66. The molecule has 0 aliphatic rings. The monoisotopic (exact) mass is 204 g/mol. The van der Waals surface area contributed by atoms with E-state index in [0.29, 0.717) is 11.5 Å². The molecular formula is C9H20O3Si. The van der Waals surface area contributed by atoms with Crippen LogP contribution >= 0.6 is 0 Å². The smallest absolute Gasteiger partial charge is 0.489 e. The molecule has 0 aliphatic heterocycles. The molecule has 0 aromatic heterocycles. The fraction of sp³-hybridized carbons (Fsp3) is 0.889. The maximum absolute atomic E-state index is 10.4. The SMILES string of the molecule is CC(C)CC(C)[Si](C)(C)OC(=O)O. The molecule has 0 saturated heterocycles. The van der Waals surface area contributed by atoms with Crippen LogP contribution in [0.3, 0.4) is 0 Å². The maximum atomic E-state index is 10.4. The van der Waals surface area contributed by atoms with Crippen LogP contribution in [0.4, 0.5) is 4.79 Å². The summed E-state index contributed by atoms with van der Waals surface area (Å²) >= 11 is 0. The molecule has 0 amide bonds. The van der Waals surface area contributed by atoms with E-state index in [2.05, 4.69) is 20.8 Å². The summed E-state index contributed by atoms with van der Waals surface area (Å²) in [5.41, 5.74) is 0.378. The van der Waals surface area contributed by atoms with Crippen molar-refractivity contribution < 1.29 is 14.3 Å². The Balaban J connectivity index is 4.17. The van der Waals surface area contributed by atoms with E-state index < -0.39 is 14.5 Å². The van der Waals surface area contributed by atoms with Gasteiger partial charge in [0.15, 0.2) is 0 Å². The van der Waals surface area contributed by atoms with E-state index in [1.165, 1.54) is 0 Å². The summed E-state index contributed by atoms with van der Waals surface area (Å²) in [4.78, 5) is 10.4. The van der Waals surface area contributed by atoms with Crippen LogP contribution in [0.25, 0.3) is 0 Å². The molecule has 0 heterocycles. The van der Waals surface area contributed by atoms with Crippen molar-refractivity contribution in [1.29, 1.82) is 0 Å². The highest BCUT2D eigenvalue weighted by Gasteiger charge is 2.34. The van der Waals surface area contributed by atoms with Crippen molar-refractivity contribution in [3.63, 3.8) is 0 Å². The second kappa shape index (κ2) is 4.65. The van der Waals surface area contributed by atoms with E-state index in [1.54, 1.807) is 0 Å². The predicted octanol–water partition coefficient (Wildman–Crippen LogP) is 3.32. The molecule has 1 unspecified atom stereocenters. The molecule has 78 valence electrons. The molecule has 3 nitrogen and oxygen atoms in total.